The van der Waals surface area contributed by atoms with E-state index in [0.29, 0.717) is 38.8 Å². The molecule has 2 heterocycles. The number of Topliss-reactive ketones (excluding diaryl/α,β-unsaturated/α-hetero) is 1. The van der Waals surface area contributed by atoms with Crippen molar-refractivity contribution in [3.05, 3.63) is 56.4 Å². The lowest BCUT2D eigenvalue weighted by Gasteiger charge is -2.42. The maximum atomic E-state index is 13.4. The van der Waals surface area contributed by atoms with Crippen molar-refractivity contribution in [1.29, 1.82) is 5.26 Å². The highest BCUT2D eigenvalue weighted by Crippen LogP contribution is 2.51. The molecule has 1 atom stereocenters. The van der Waals surface area contributed by atoms with Crippen LogP contribution in [0, 0.1) is 20.7 Å². The summed E-state index contributed by atoms with van der Waals surface area (Å²) in [6, 6.07) is 9.67. The number of anilines is 1. The molecule has 1 aromatic heterocycles. The number of carbonyl (C=O) groups is 1. The zero-order valence-corrected chi connectivity index (χ0v) is 18.5. The van der Waals surface area contributed by atoms with Gasteiger partial charge in [0.1, 0.15) is 11.6 Å². The van der Waals surface area contributed by atoms with Gasteiger partial charge in [-0.3, -0.25) is 14.8 Å². The smallest absolute Gasteiger partial charge is 0.216 e. The number of nitrogens with one attached hydrogen (secondary N) is 1. The Bertz CT molecular complexity index is 1200. The number of aromatic nitrogens is 2. The van der Waals surface area contributed by atoms with Gasteiger partial charge in [-0.25, -0.2) is 0 Å². The number of H-pyrrole nitrogens is 1. The topological polar surface area (TPSA) is 108 Å². The molecular weight excluding hydrogens is 418 g/mol. The molecule has 9 heteroatoms. The van der Waals surface area contributed by atoms with Gasteiger partial charge in [0.05, 0.1) is 24.7 Å². The molecular formula is C21H21N5O2S2. The minimum Gasteiger partial charge on any atom is -0.496 e. The number of methoxy groups -OCH3 is 1. The number of hydrogen-bond acceptors (Lipinski definition) is 8. The molecule has 1 aromatic carbocycles. The number of carbonyl (C=O) groups excluding carboxylic acids is 1. The maximum Gasteiger partial charge on any atom is 0.216 e. The fraction of sp³-hybridized carbons (Fsp3) is 0.333. The van der Waals surface area contributed by atoms with Crippen molar-refractivity contribution in [2.75, 3.05) is 12.0 Å². The molecule has 0 radical (unpaired) electrons. The molecule has 0 saturated heterocycles. The van der Waals surface area contributed by atoms with E-state index < -0.39 is 5.92 Å². The van der Waals surface area contributed by atoms with E-state index in [4.69, 9.17) is 22.7 Å². The van der Waals surface area contributed by atoms with Crippen LogP contribution in [0.5, 0.6) is 5.75 Å². The van der Waals surface area contributed by atoms with Gasteiger partial charge in [0.25, 0.3) is 0 Å². The summed E-state index contributed by atoms with van der Waals surface area (Å²) in [6.07, 6.45) is 1.01. The zero-order valence-electron chi connectivity index (χ0n) is 16.9. The first-order valence-corrected chi connectivity index (χ1v) is 10.6. The van der Waals surface area contributed by atoms with Crippen molar-refractivity contribution in [3.63, 3.8) is 0 Å². The minimum absolute atomic E-state index is 0.00142. The van der Waals surface area contributed by atoms with Gasteiger partial charge in [-0.05, 0) is 30.1 Å². The second kappa shape index (κ2) is 7.38. The Hall–Kier alpha value is -2.96. The second-order valence-electron chi connectivity index (χ2n) is 8.12. The number of rotatable bonds is 3. The van der Waals surface area contributed by atoms with Gasteiger partial charge >= 0.3 is 0 Å². The average molecular weight is 440 g/mol. The molecule has 3 N–H and O–H groups in total. The fourth-order valence-electron chi connectivity index (χ4n) is 4.26. The third kappa shape index (κ3) is 3.22. The number of nitrogens with two attached hydrogens (primary N) is 1. The number of benzene rings is 1. The van der Waals surface area contributed by atoms with Gasteiger partial charge in [0.2, 0.25) is 5.13 Å². The Morgan fingerprint density at radius 1 is 1.40 bits per heavy atom. The highest BCUT2D eigenvalue weighted by atomic mass is 32.1. The molecule has 0 amide bonds. The Morgan fingerprint density at radius 2 is 2.13 bits per heavy atom. The summed E-state index contributed by atoms with van der Waals surface area (Å²) in [5.74, 6) is 0.279. The molecule has 1 aliphatic carbocycles. The van der Waals surface area contributed by atoms with Crippen LogP contribution < -0.4 is 15.4 Å². The summed E-state index contributed by atoms with van der Waals surface area (Å²) >= 11 is 6.45. The molecule has 1 aliphatic heterocycles. The summed E-state index contributed by atoms with van der Waals surface area (Å²) in [5.41, 5.74) is 8.69. The van der Waals surface area contributed by atoms with E-state index in [1.54, 1.807) is 12.0 Å². The minimum atomic E-state index is -0.590. The van der Waals surface area contributed by atoms with E-state index in [1.165, 1.54) is 11.3 Å². The summed E-state index contributed by atoms with van der Waals surface area (Å²) in [6.45, 7) is 4.11. The van der Waals surface area contributed by atoms with Gasteiger partial charge in [-0.2, -0.15) is 5.26 Å². The Kier molecular flexibility index (Phi) is 5.00. The van der Waals surface area contributed by atoms with E-state index in [1.807, 2.05) is 24.3 Å². The number of nitrogens with zero attached hydrogens (tertiary/aromatic N) is 3. The number of nitriles is 1. The Balaban J connectivity index is 2.03. The normalized spacial score (nSPS) is 20.8. The van der Waals surface area contributed by atoms with E-state index in [2.05, 4.69) is 30.1 Å². The third-order valence-electron chi connectivity index (χ3n) is 5.45. The highest BCUT2D eigenvalue weighted by Gasteiger charge is 2.45. The van der Waals surface area contributed by atoms with E-state index in [-0.39, 0.29) is 17.0 Å². The number of ether oxygens (including phenoxy) is 1. The molecule has 154 valence electrons. The molecule has 0 spiro atoms. The number of para-hydroxylation sites is 1. The average Bonchev–Trinajstić information content (AvgIpc) is 3.11. The van der Waals surface area contributed by atoms with Crippen LogP contribution in [0.15, 0.2) is 46.9 Å². The third-order valence-corrected chi connectivity index (χ3v) is 6.52. The number of allylic oxidation sites excluding steroid dienone is 3. The first-order valence-electron chi connectivity index (χ1n) is 9.42. The standard InChI is InChI=1S/C21H21N5O2S2/c1-21(2)8-13-17(14(27)9-21)16(11-6-4-5-7-15(11)28-3)12(10-22)18(23)26(13)19-24-25-20(29)30-19/h4-7,16H,8-9,23H2,1-3H3,(H,25,29). The first-order chi connectivity index (χ1) is 14.3. The lowest BCUT2D eigenvalue weighted by molar-refractivity contribution is -0.118. The van der Waals surface area contributed by atoms with Crippen LogP contribution in [0.25, 0.3) is 0 Å². The van der Waals surface area contributed by atoms with Crippen LogP contribution in [0.2, 0.25) is 0 Å². The molecule has 7 nitrogen and oxygen atoms in total. The van der Waals surface area contributed by atoms with E-state index in [9.17, 15) is 10.1 Å². The van der Waals surface area contributed by atoms with Crippen molar-refractivity contribution in [1.82, 2.24) is 10.2 Å². The molecule has 2 aromatic rings. The van der Waals surface area contributed by atoms with Gasteiger partial charge < -0.3 is 10.5 Å². The van der Waals surface area contributed by atoms with Crippen molar-refractivity contribution in [2.24, 2.45) is 11.1 Å². The lowest BCUT2D eigenvalue weighted by atomic mass is 9.68. The molecule has 4 rings (SSSR count). The Morgan fingerprint density at radius 3 is 2.77 bits per heavy atom. The Labute approximate surface area is 183 Å². The molecule has 0 fully saturated rings. The van der Waals surface area contributed by atoms with Gasteiger partial charge in [0.15, 0.2) is 9.74 Å². The second-order valence-corrected chi connectivity index (χ2v) is 9.76. The SMILES string of the molecule is COc1ccccc1C1C(C#N)=C(N)N(c2n[nH]c(=S)s2)C2=C1C(=O)CC(C)(C)C2. The summed E-state index contributed by atoms with van der Waals surface area (Å²) in [7, 11) is 1.57. The van der Waals surface area contributed by atoms with Gasteiger partial charge in [-0.1, -0.05) is 43.4 Å². The first kappa shape index (κ1) is 20.3. The van der Waals surface area contributed by atoms with Crippen LogP contribution in [0.1, 0.15) is 38.2 Å². The summed E-state index contributed by atoms with van der Waals surface area (Å²) in [5, 5.41) is 17.6. The lowest BCUT2D eigenvalue weighted by Crippen LogP contribution is -2.42. The van der Waals surface area contributed by atoms with E-state index in [0.717, 1.165) is 11.3 Å². The monoisotopic (exact) mass is 439 g/mol. The number of ketones is 1. The highest BCUT2D eigenvalue weighted by molar-refractivity contribution is 7.73. The molecule has 2 aliphatic rings. The molecule has 1 unspecified atom stereocenters. The van der Waals surface area contributed by atoms with Crippen LogP contribution in [0.4, 0.5) is 5.13 Å². The van der Waals surface area contributed by atoms with Crippen molar-refractivity contribution >= 4 is 34.5 Å². The predicted octanol–water partition coefficient (Wildman–Crippen LogP) is 4.15. The van der Waals surface area contributed by atoms with Crippen LogP contribution >= 0.6 is 23.6 Å². The van der Waals surface area contributed by atoms with Crippen molar-refractivity contribution < 1.29 is 9.53 Å². The van der Waals surface area contributed by atoms with Crippen LogP contribution in [-0.2, 0) is 4.79 Å². The van der Waals surface area contributed by atoms with Crippen molar-refractivity contribution in [2.45, 2.75) is 32.6 Å². The maximum absolute atomic E-state index is 13.4. The fourth-order valence-corrected chi connectivity index (χ4v) is 5.18. The van der Waals surface area contributed by atoms with Gasteiger partial charge in [-0.15, -0.1) is 5.10 Å². The van der Waals surface area contributed by atoms with E-state index >= 15 is 0 Å². The quantitative estimate of drug-likeness (QED) is 0.692. The largest absolute Gasteiger partial charge is 0.496 e. The van der Waals surface area contributed by atoms with Crippen LogP contribution in [-0.4, -0.2) is 23.1 Å². The van der Waals surface area contributed by atoms with Crippen molar-refractivity contribution in [3.8, 4) is 11.8 Å². The predicted molar refractivity (Wildman–Crippen MR) is 117 cm³/mol. The summed E-state index contributed by atoms with van der Waals surface area (Å²) in [4.78, 5) is 15.2. The molecule has 30 heavy (non-hydrogen) atoms. The van der Waals surface area contributed by atoms with Crippen LogP contribution in [0.3, 0.4) is 0 Å². The number of aromatic amines is 1. The molecule has 0 bridgehead atoms. The number of hydrogen-bond donors (Lipinski definition) is 2. The van der Waals surface area contributed by atoms with Gasteiger partial charge in [0, 0.05) is 23.3 Å². The zero-order chi connectivity index (χ0) is 21.6. The molecule has 0 saturated carbocycles. The summed E-state index contributed by atoms with van der Waals surface area (Å²) < 4.78 is 6.04.